The van der Waals surface area contributed by atoms with Crippen LogP contribution in [0.15, 0.2) is 28.9 Å². The van der Waals surface area contributed by atoms with E-state index in [2.05, 4.69) is 44.1 Å². The van der Waals surface area contributed by atoms with E-state index in [1.165, 1.54) is 134 Å². The summed E-state index contributed by atoms with van der Waals surface area (Å²) in [5, 5.41) is 4.03. The van der Waals surface area contributed by atoms with E-state index in [4.69, 9.17) is 10.3 Å². The molecule has 3 unspecified atom stereocenters. The smallest absolute Gasteiger partial charge is 0.122 e. The summed E-state index contributed by atoms with van der Waals surface area (Å²) >= 11 is 0. The monoisotopic (exact) mass is 472 g/mol. The van der Waals surface area contributed by atoms with Gasteiger partial charge in [-0.25, -0.2) is 5.53 Å². The molecule has 0 bridgehead atoms. The highest BCUT2D eigenvalue weighted by Gasteiger charge is 2.62. The van der Waals surface area contributed by atoms with Crippen LogP contribution < -0.4 is 0 Å². The molecule has 1 N–H and O–H groups in total. The number of unbranched alkanes of at least 4 members (excludes halogenated alkanes) is 16. The summed E-state index contributed by atoms with van der Waals surface area (Å²) < 4.78 is 6.37. The Hall–Kier alpha value is -0.960. The van der Waals surface area contributed by atoms with E-state index in [1.807, 2.05) is 0 Å². The molecule has 2 aliphatic rings. The van der Waals surface area contributed by atoms with Crippen molar-refractivity contribution in [3.8, 4) is 0 Å². The van der Waals surface area contributed by atoms with Gasteiger partial charge in [0.05, 0.1) is 6.61 Å². The molecule has 2 rings (SSSR count). The van der Waals surface area contributed by atoms with Crippen molar-refractivity contribution in [2.24, 2.45) is 10.5 Å². The van der Waals surface area contributed by atoms with Gasteiger partial charge >= 0.3 is 0 Å². The molecule has 196 valence electrons. The third-order valence-electron chi connectivity index (χ3n) is 8.50. The van der Waals surface area contributed by atoms with Gasteiger partial charge in [0.2, 0.25) is 0 Å². The van der Waals surface area contributed by atoms with Crippen molar-refractivity contribution >= 4 is 0 Å². The maximum Gasteiger partial charge on any atom is 0.122 e. The Kier molecular flexibility index (Phi) is 14.3. The summed E-state index contributed by atoms with van der Waals surface area (Å²) in [5.74, 6) is 0. The lowest BCUT2D eigenvalue weighted by Gasteiger charge is -2.60. The van der Waals surface area contributed by atoms with Gasteiger partial charge in [0.1, 0.15) is 11.6 Å². The maximum absolute atomic E-state index is 7.87. The second-order valence-electron chi connectivity index (χ2n) is 11.3. The average Bonchev–Trinajstić information content (AvgIpc) is 2.84. The first-order valence-corrected chi connectivity index (χ1v) is 15.0. The first kappa shape index (κ1) is 29.3. The molecule has 0 aromatic carbocycles. The van der Waals surface area contributed by atoms with Crippen LogP contribution in [-0.4, -0.2) is 18.2 Å². The zero-order chi connectivity index (χ0) is 24.5. The molecule has 1 spiro atoms. The molecule has 0 amide bonds. The highest BCUT2D eigenvalue weighted by Crippen LogP contribution is 2.57. The van der Waals surface area contributed by atoms with Crippen LogP contribution in [0.25, 0.3) is 0 Å². The zero-order valence-electron chi connectivity index (χ0n) is 23.0. The minimum Gasteiger partial charge on any atom is -0.367 e. The largest absolute Gasteiger partial charge is 0.367 e. The number of ether oxygens (including phenoxy) is 1. The fourth-order valence-electron chi connectivity index (χ4n) is 6.24. The third kappa shape index (κ3) is 8.61. The van der Waals surface area contributed by atoms with E-state index in [1.54, 1.807) is 0 Å². The van der Waals surface area contributed by atoms with Gasteiger partial charge in [-0.1, -0.05) is 147 Å². The Labute approximate surface area is 212 Å². The molecule has 1 heterocycles. The minimum absolute atomic E-state index is 0.151. The van der Waals surface area contributed by atoms with Crippen LogP contribution in [0.2, 0.25) is 0 Å². The second-order valence-corrected chi connectivity index (χ2v) is 11.3. The first-order valence-electron chi connectivity index (χ1n) is 15.0. The molecule has 1 saturated heterocycles. The lowest BCUT2D eigenvalue weighted by molar-refractivity contribution is -0.253. The van der Waals surface area contributed by atoms with Gasteiger partial charge < -0.3 is 4.74 Å². The molecule has 1 aliphatic heterocycles. The van der Waals surface area contributed by atoms with E-state index >= 15 is 0 Å². The number of hydrogen-bond donors (Lipinski definition) is 1. The Bertz CT molecular complexity index is 613. The number of allylic oxidation sites excluding steroid dienone is 2. The third-order valence-corrected chi connectivity index (χ3v) is 8.50. The first-order chi connectivity index (χ1) is 16.6. The van der Waals surface area contributed by atoms with Crippen molar-refractivity contribution in [3.05, 3.63) is 23.8 Å². The SMILES string of the molecule is CCCCCCCCCCCCC1(CCCCCCCCCC)COC12C=C(C)C=CC2N=N. The highest BCUT2D eigenvalue weighted by molar-refractivity contribution is 5.37. The summed E-state index contributed by atoms with van der Waals surface area (Å²) in [4.78, 5) is 0. The summed E-state index contributed by atoms with van der Waals surface area (Å²) in [7, 11) is 0. The van der Waals surface area contributed by atoms with Crippen molar-refractivity contribution in [1.82, 2.24) is 0 Å². The van der Waals surface area contributed by atoms with Gasteiger partial charge in [-0.2, -0.15) is 5.11 Å². The molecule has 0 aromatic rings. The topological polar surface area (TPSA) is 45.4 Å². The van der Waals surface area contributed by atoms with Crippen LogP contribution in [0.5, 0.6) is 0 Å². The molecule has 0 radical (unpaired) electrons. The number of hydrogen-bond acceptors (Lipinski definition) is 3. The molecular formula is C31H56N2O. The van der Waals surface area contributed by atoms with E-state index in [-0.39, 0.29) is 17.1 Å². The Balaban J connectivity index is 1.81. The molecule has 1 fully saturated rings. The fraction of sp³-hybridized carbons (Fsp3) is 0.871. The summed E-state index contributed by atoms with van der Waals surface area (Å²) in [5.41, 5.74) is 8.93. The molecule has 0 saturated carbocycles. The normalized spacial score (nSPS) is 26.0. The fourth-order valence-corrected chi connectivity index (χ4v) is 6.24. The van der Waals surface area contributed by atoms with E-state index in [0.29, 0.717) is 0 Å². The molecular weight excluding hydrogens is 416 g/mol. The molecule has 3 nitrogen and oxygen atoms in total. The number of rotatable bonds is 21. The molecule has 3 atom stereocenters. The van der Waals surface area contributed by atoms with Gasteiger partial charge in [0.25, 0.3) is 0 Å². The van der Waals surface area contributed by atoms with Crippen LogP contribution in [0, 0.1) is 10.9 Å². The lowest BCUT2D eigenvalue weighted by Crippen LogP contribution is -2.67. The van der Waals surface area contributed by atoms with E-state index < -0.39 is 0 Å². The van der Waals surface area contributed by atoms with Crippen molar-refractivity contribution in [3.63, 3.8) is 0 Å². The van der Waals surface area contributed by atoms with Crippen LogP contribution in [0.4, 0.5) is 0 Å². The standard InChI is InChI=1S/C31H56N2O/c1-4-6-8-10-12-14-15-17-19-21-25-30(24-20-18-16-13-11-9-7-5-2)27-34-31(30)26-28(3)22-23-29(31)33-32/h22-23,26,29,32H,4-21,24-25,27H2,1-3H3. The van der Waals surface area contributed by atoms with Crippen molar-refractivity contribution in [2.45, 2.75) is 161 Å². The quantitative estimate of drug-likeness (QED) is 0.131. The van der Waals surface area contributed by atoms with Crippen LogP contribution in [-0.2, 0) is 4.74 Å². The predicted octanol–water partition coefficient (Wildman–Crippen LogP) is 10.5. The van der Waals surface area contributed by atoms with Gasteiger partial charge in [0, 0.05) is 5.41 Å². The van der Waals surface area contributed by atoms with E-state index in [0.717, 1.165) is 6.61 Å². The van der Waals surface area contributed by atoms with Gasteiger partial charge in [-0.05, 0) is 25.8 Å². The Morgan fingerprint density at radius 2 is 1.21 bits per heavy atom. The maximum atomic E-state index is 7.87. The molecule has 1 aliphatic carbocycles. The Morgan fingerprint density at radius 1 is 0.765 bits per heavy atom. The number of nitrogens with zero attached hydrogens (tertiary/aromatic N) is 1. The minimum atomic E-state index is -0.367. The van der Waals surface area contributed by atoms with Crippen LogP contribution in [0.3, 0.4) is 0 Å². The van der Waals surface area contributed by atoms with Crippen LogP contribution in [0.1, 0.15) is 149 Å². The van der Waals surface area contributed by atoms with E-state index in [9.17, 15) is 0 Å². The lowest BCUT2D eigenvalue weighted by atomic mass is 9.58. The van der Waals surface area contributed by atoms with Gasteiger partial charge in [0.15, 0.2) is 0 Å². The molecule has 0 aromatic heterocycles. The summed E-state index contributed by atoms with van der Waals surface area (Å²) in [6.45, 7) is 7.60. The average molecular weight is 473 g/mol. The van der Waals surface area contributed by atoms with Gasteiger partial charge in [-0.15, -0.1) is 0 Å². The Morgan fingerprint density at radius 3 is 1.59 bits per heavy atom. The summed E-state index contributed by atoms with van der Waals surface area (Å²) in [6, 6.07) is -0.151. The summed E-state index contributed by atoms with van der Waals surface area (Å²) in [6.07, 6.45) is 33.7. The van der Waals surface area contributed by atoms with Crippen molar-refractivity contribution in [2.75, 3.05) is 6.61 Å². The molecule has 3 heteroatoms. The second kappa shape index (κ2) is 16.7. The van der Waals surface area contributed by atoms with Crippen molar-refractivity contribution < 1.29 is 4.74 Å². The van der Waals surface area contributed by atoms with Crippen molar-refractivity contribution in [1.29, 1.82) is 5.53 Å². The van der Waals surface area contributed by atoms with Crippen LogP contribution >= 0.6 is 0 Å². The number of nitrogens with one attached hydrogen (secondary N) is 1. The molecule has 34 heavy (non-hydrogen) atoms. The van der Waals surface area contributed by atoms with Gasteiger partial charge in [-0.3, -0.25) is 0 Å². The zero-order valence-corrected chi connectivity index (χ0v) is 23.0. The predicted molar refractivity (Wildman–Crippen MR) is 147 cm³/mol. The highest BCUT2D eigenvalue weighted by atomic mass is 16.5.